The Labute approximate surface area is 184 Å². The zero-order chi connectivity index (χ0) is 21.3. The van der Waals surface area contributed by atoms with Crippen molar-refractivity contribution in [2.24, 2.45) is 0 Å². The number of halogens is 2. The molecule has 152 valence electrons. The van der Waals surface area contributed by atoms with Crippen LogP contribution in [0.5, 0.6) is 0 Å². The normalized spacial score (nSPS) is 13.3. The molecule has 3 aromatic carbocycles. The van der Waals surface area contributed by atoms with Crippen LogP contribution in [0.2, 0.25) is 10.0 Å². The molecule has 3 aromatic rings. The number of amides is 1. The molecular weight excluding hydrogens is 421 g/mol. The average Bonchev–Trinajstić information content (AvgIpc) is 3.09. The molecule has 1 atom stereocenters. The van der Waals surface area contributed by atoms with Crippen molar-refractivity contribution in [2.45, 2.75) is 18.4 Å². The van der Waals surface area contributed by atoms with Crippen LogP contribution in [0.25, 0.3) is 11.1 Å². The molecule has 1 aliphatic rings. The number of benzene rings is 3. The van der Waals surface area contributed by atoms with E-state index in [-0.39, 0.29) is 12.3 Å². The monoisotopic (exact) mass is 439 g/mol. The lowest BCUT2D eigenvalue weighted by atomic mass is 9.95. The first-order chi connectivity index (χ1) is 14.5. The van der Waals surface area contributed by atoms with Crippen molar-refractivity contribution in [2.75, 3.05) is 7.11 Å². The van der Waals surface area contributed by atoms with Gasteiger partial charge < -0.3 is 10.1 Å². The molecule has 4 nitrogen and oxygen atoms in total. The smallest absolute Gasteiger partial charge is 0.328 e. The molecule has 0 spiro atoms. The summed E-state index contributed by atoms with van der Waals surface area (Å²) in [6.07, 6.45) is 0.132. The van der Waals surface area contributed by atoms with Gasteiger partial charge in [0, 0.05) is 16.5 Å². The van der Waals surface area contributed by atoms with Crippen LogP contribution in [0.15, 0.2) is 66.7 Å². The number of nitrogens with one attached hydrogen (secondary N) is 1. The van der Waals surface area contributed by atoms with Crippen molar-refractivity contribution in [1.29, 1.82) is 0 Å². The molecule has 1 amide bonds. The Morgan fingerprint density at radius 1 is 0.900 bits per heavy atom. The highest BCUT2D eigenvalue weighted by molar-refractivity contribution is 6.36. The Hall–Kier alpha value is -2.82. The summed E-state index contributed by atoms with van der Waals surface area (Å²) in [4.78, 5) is 25.8. The Morgan fingerprint density at radius 2 is 1.43 bits per heavy atom. The molecular formula is C24H19Cl2NO3. The van der Waals surface area contributed by atoms with E-state index in [1.807, 2.05) is 48.5 Å². The summed E-state index contributed by atoms with van der Waals surface area (Å²) in [6.45, 7) is 0. The standard InChI is InChI=1S/C24H19Cl2NO3/c1-30-24(29)21(13-18-19(25)11-6-12-20(18)26)27-23(28)22-16-9-4-2-7-14(16)15-8-3-5-10-17(15)22/h2-12,21-22H,13H2,1H3,(H,27,28)/t21-/m0/s1. The minimum atomic E-state index is -0.917. The van der Waals surface area contributed by atoms with Crippen molar-refractivity contribution >= 4 is 35.1 Å². The van der Waals surface area contributed by atoms with Crippen LogP contribution in [-0.4, -0.2) is 25.0 Å². The lowest BCUT2D eigenvalue weighted by molar-refractivity contribution is -0.145. The van der Waals surface area contributed by atoms with E-state index in [1.165, 1.54) is 7.11 Å². The molecule has 0 fully saturated rings. The summed E-state index contributed by atoms with van der Waals surface area (Å²) in [6, 6.07) is 19.8. The van der Waals surface area contributed by atoms with E-state index in [9.17, 15) is 9.59 Å². The fourth-order valence-corrected chi connectivity index (χ4v) is 4.51. The van der Waals surface area contributed by atoms with Gasteiger partial charge in [0.15, 0.2) is 0 Å². The van der Waals surface area contributed by atoms with Gasteiger partial charge in [-0.15, -0.1) is 0 Å². The molecule has 30 heavy (non-hydrogen) atoms. The molecule has 1 aliphatic carbocycles. The van der Waals surface area contributed by atoms with Gasteiger partial charge in [0.25, 0.3) is 0 Å². The van der Waals surface area contributed by atoms with Crippen LogP contribution in [0.3, 0.4) is 0 Å². The van der Waals surface area contributed by atoms with Crippen LogP contribution in [0, 0.1) is 0 Å². The van der Waals surface area contributed by atoms with E-state index in [1.54, 1.807) is 18.2 Å². The fraction of sp³-hybridized carbons (Fsp3) is 0.167. The second-order valence-electron chi connectivity index (χ2n) is 7.10. The largest absolute Gasteiger partial charge is 0.467 e. The molecule has 0 saturated carbocycles. The van der Waals surface area contributed by atoms with Crippen molar-refractivity contribution in [3.05, 3.63) is 93.5 Å². The third-order valence-electron chi connectivity index (χ3n) is 5.37. The van der Waals surface area contributed by atoms with Crippen LogP contribution >= 0.6 is 23.2 Å². The van der Waals surface area contributed by atoms with Crippen molar-refractivity contribution in [3.8, 4) is 11.1 Å². The maximum Gasteiger partial charge on any atom is 0.328 e. The third kappa shape index (κ3) is 3.69. The van der Waals surface area contributed by atoms with Gasteiger partial charge in [0.05, 0.1) is 13.0 Å². The summed E-state index contributed by atoms with van der Waals surface area (Å²) in [7, 11) is 1.29. The second-order valence-corrected chi connectivity index (χ2v) is 7.91. The molecule has 0 saturated heterocycles. The summed E-state index contributed by atoms with van der Waals surface area (Å²) in [5.41, 5.74) is 4.46. The molecule has 6 heteroatoms. The van der Waals surface area contributed by atoms with E-state index < -0.39 is 17.9 Å². The molecule has 0 radical (unpaired) electrons. The molecule has 0 aromatic heterocycles. The molecule has 0 unspecified atom stereocenters. The molecule has 1 N–H and O–H groups in total. The van der Waals surface area contributed by atoms with Gasteiger partial charge in [-0.05, 0) is 39.9 Å². The Bertz CT molecular complexity index is 1060. The number of rotatable bonds is 5. The lowest BCUT2D eigenvalue weighted by Crippen LogP contribution is -2.45. The summed E-state index contributed by atoms with van der Waals surface area (Å²) >= 11 is 12.5. The van der Waals surface area contributed by atoms with Crippen molar-refractivity contribution in [3.63, 3.8) is 0 Å². The van der Waals surface area contributed by atoms with Gasteiger partial charge in [-0.2, -0.15) is 0 Å². The zero-order valence-corrected chi connectivity index (χ0v) is 17.7. The summed E-state index contributed by atoms with van der Waals surface area (Å²) in [5.74, 6) is -1.34. The van der Waals surface area contributed by atoms with E-state index >= 15 is 0 Å². The van der Waals surface area contributed by atoms with Gasteiger partial charge in [-0.25, -0.2) is 4.79 Å². The quantitative estimate of drug-likeness (QED) is 0.568. The Morgan fingerprint density at radius 3 is 1.97 bits per heavy atom. The highest BCUT2D eigenvalue weighted by Crippen LogP contribution is 2.44. The van der Waals surface area contributed by atoms with Gasteiger partial charge in [-0.3, -0.25) is 4.79 Å². The summed E-state index contributed by atoms with van der Waals surface area (Å²) in [5, 5.41) is 3.73. The number of carbonyl (C=O) groups is 2. The second kappa shape index (κ2) is 8.50. The number of esters is 1. The van der Waals surface area contributed by atoms with E-state index in [2.05, 4.69) is 5.32 Å². The van der Waals surface area contributed by atoms with Gasteiger partial charge >= 0.3 is 5.97 Å². The topological polar surface area (TPSA) is 55.4 Å². The minimum Gasteiger partial charge on any atom is -0.467 e. The SMILES string of the molecule is COC(=O)[C@H](Cc1c(Cl)cccc1Cl)NC(=O)C1c2ccccc2-c2ccccc21. The fourth-order valence-electron chi connectivity index (χ4n) is 3.96. The maximum atomic E-state index is 13.4. The van der Waals surface area contributed by atoms with Crippen molar-refractivity contribution in [1.82, 2.24) is 5.32 Å². The molecule has 0 bridgehead atoms. The third-order valence-corrected chi connectivity index (χ3v) is 6.08. The predicted molar refractivity (Wildman–Crippen MR) is 118 cm³/mol. The number of carbonyl (C=O) groups excluding carboxylic acids is 2. The highest BCUT2D eigenvalue weighted by atomic mass is 35.5. The van der Waals surface area contributed by atoms with Gasteiger partial charge in [0.1, 0.15) is 6.04 Å². The first-order valence-electron chi connectivity index (χ1n) is 9.50. The average molecular weight is 440 g/mol. The van der Waals surface area contributed by atoms with E-state index in [0.717, 1.165) is 22.3 Å². The van der Waals surface area contributed by atoms with E-state index in [4.69, 9.17) is 27.9 Å². The van der Waals surface area contributed by atoms with Crippen LogP contribution in [0.4, 0.5) is 0 Å². The number of fused-ring (bicyclic) bond motifs is 3. The van der Waals surface area contributed by atoms with Crippen LogP contribution in [-0.2, 0) is 20.7 Å². The predicted octanol–water partition coefficient (Wildman–Crippen LogP) is 5.01. The minimum absolute atomic E-state index is 0.132. The molecule has 0 heterocycles. The van der Waals surface area contributed by atoms with Crippen LogP contribution in [0.1, 0.15) is 22.6 Å². The zero-order valence-electron chi connectivity index (χ0n) is 16.2. The van der Waals surface area contributed by atoms with Gasteiger partial charge in [0.2, 0.25) is 5.91 Å². The number of ether oxygens (including phenoxy) is 1. The summed E-state index contributed by atoms with van der Waals surface area (Å²) < 4.78 is 4.93. The highest BCUT2D eigenvalue weighted by Gasteiger charge is 2.35. The first kappa shape index (κ1) is 20.5. The number of methoxy groups -OCH3 is 1. The van der Waals surface area contributed by atoms with Crippen LogP contribution < -0.4 is 5.32 Å². The Balaban J connectivity index is 1.66. The number of hydrogen-bond acceptors (Lipinski definition) is 3. The molecule has 4 rings (SSSR count). The van der Waals surface area contributed by atoms with Gasteiger partial charge in [-0.1, -0.05) is 77.8 Å². The van der Waals surface area contributed by atoms with E-state index in [0.29, 0.717) is 15.6 Å². The lowest BCUT2D eigenvalue weighted by Gasteiger charge is -2.21. The number of hydrogen-bond donors (Lipinski definition) is 1. The van der Waals surface area contributed by atoms with Crippen molar-refractivity contribution < 1.29 is 14.3 Å². The molecule has 0 aliphatic heterocycles. The Kier molecular flexibility index (Phi) is 5.80. The first-order valence-corrected chi connectivity index (χ1v) is 10.3. The maximum absolute atomic E-state index is 13.4.